The summed E-state index contributed by atoms with van der Waals surface area (Å²) >= 11 is 1.60. The third-order valence-electron chi connectivity index (χ3n) is 6.84. The van der Waals surface area contributed by atoms with Gasteiger partial charge >= 0.3 is 0 Å². The van der Waals surface area contributed by atoms with E-state index in [9.17, 15) is 14.7 Å². The van der Waals surface area contributed by atoms with Crippen LogP contribution in [0.4, 0.5) is 5.69 Å². The van der Waals surface area contributed by atoms with Gasteiger partial charge in [-0.2, -0.15) is 0 Å². The fourth-order valence-electron chi connectivity index (χ4n) is 4.97. The van der Waals surface area contributed by atoms with Crippen LogP contribution in [0.1, 0.15) is 90.1 Å². The number of hydrogen-bond acceptors (Lipinski definition) is 5. The van der Waals surface area contributed by atoms with Gasteiger partial charge in [-0.15, -0.1) is 11.8 Å². The van der Waals surface area contributed by atoms with Crippen molar-refractivity contribution in [3.63, 3.8) is 0 Å². The number of nitrogen functional groups attached to an aromatic ring is 1. The van der Waals surface area contributed by atoms with E-state index < -0.39 is 0 Å². The summed E-state index contributed by atoms with van der Waals surface area (Å²) in [5.41, 5.74) is 7.58. The first-order chi connectivity index (χ1) is 15.0. The van der Waals surface area contributed by atoms with E-state index in [0.29, 0.717) is 27.6 Å². The largest absolute Gasteiger partial charge is 0.507 e. The highest BCUT2D eigenvalue weighted by Crippen LogP contribution is 2.43. The van der Waals surface area contributed by atoms with Gasteiger partial charge in [-0.05, 0) is 30.7 Å². The minimum atomic E-state index is -0.340. The first-order valence-corrected chi connectivity index (χ1v) is 12.5. The quantitative estimate of drug-likeness (QED) is 0.198. The first kappa shape index (κ1) is 21.9. The number of carbonyl (C=O) groups excluding carboxylic acids is 2. The highest BCUT2D eigenvalue weighted by atomic mass is 32.2. The number of anilines is 1. The fourth-order valence-corrected chi connectivity index (χ4v) is 6.17. The molecule has 0 heterocycles. The van der Waals surface area contributed by atoms with Crippen LogP contribution in [0.2, 0.25) is 0 Å². The smallest absolute Gasteiger partial charge is 0.198 e. The molecule has 0 saturated heterocycles. The number of nitrogens with two attached hydrogens (primary N) is 1. The number of rotatable bonds is 7. The van der Waals surface area contributed by atoms with Crippen molar-refractivity contribution in [3.05, 3.63) is 52.6 Å². The Labute approximate surface area is 188 Å². The van der Waals surface area contributed by atoms with Crippen LogP contribution in [-0.2, 0) is 0 Å². The number of hydrogen-bond donors (Lipinski definition) is 2. The fraction of sp³-hybridized carbons (Fsp3) is 0.462. The van der Waals surface area contributed by atoms with Gasteiger partial charge < -0.3 is 10.8 Å². The summed E-state index contributed by atoms with van der Waals surface area (Å²) < 4.78 is 0. The van der Waals surface area contributed by atoms with Gasteiger partial charge in [0.05, 0.1) is 16.8 Å². The Hall–Kier alpha value is -2.27. The molecule has 2 aliphatic carbocycles. The lowest BCUT2D eigenvalue weighted by Gasteiger charge is -2.28. The van der Waals surface area contributed by atoms with Gasteiger partial charge in [0.15, 0.2) is 11.6 Å². The first-order valence-electron chi connectivity index (χ1n) is 11.5. The Bertz CT molecular complexity index is 992. The molecule has 0 unspecified atom stereocenters. The minimum Gasteiger partial charge on any atom is -0.507 e. The van der Waals surface area contributed by atoms with Crippen molar-refractivity contribution in [1.82, 2.24) is 0 Å². The van der Waals surface area contributed by atoms with E-state index in [1.165, 1.54) is 51.4 Å². The average molecular weight is 438 g/mol. The van der Waals surface area contributed by atoms with Crippen LogP contribution in [0.5, 0.6) is 5.75 Å². The lowest BCUT2D eigenvalue weighted by atomic mass is 9.80. The Balaban J connectivity index is 1.46. The van der Waals surface area contributed by atoms with Gasteiger partial charge in [-0.1, -0.05) is 69.7 Å². The summed E-state index contributed by atoms with van der Waals surface area (Å²) in [6.45, 7) is 2.25. The lowest BCUT2D eigenvalue weighted by molar-refractivity contribution is 0.0977. The summed E-state index contributed by atoms with van der Waals surface area (Å²) in [5, 5.41) is 10.6. The molecule has 0 amide bonds. The summed E-state index contributed by atoms with van der Waals surface area (Å²) in [5.74, 6) is 1.64. The molecule has 2 aromatic carbocycles. The molecule has 0 radical (unpaired) electrons. The second-order valence-corrected chi connectivity index (χ2v) is 10.0. The molecule has 5 heteroatoms. The highest BCUT2D eigenvalue weighted by molar-refractivity contribution is 7.99. The number of unbranched alkanes of at least 4 members (excludes halogenated alkanes) is 2. The number of benzene rings is 2. The molecular formula is C26H31NO3S. The molecule has 2 aromatic rings. The number of phenolic OH excluding ortho intramolecular Hbond substituents is 1. The molecule has 4 nitrogen and oxygen atoms in total. The Morgan fingerprint density at radius 1 is 0.968 bits per heavy atom. The van der Waals surface area contributed by atoms with Crippen LogP contribution in [0.3, 0.4) is 0 Å². The maximum atomic E-state index is 13.1. The standard InChI is InChI=1S/C26H31NO3S/c1-2-3-4-7-16-10-12-17(13-11-16)15-31-21-14-20(28)22-23(24(21)27)26(30)19-9-6-5-8-18(19)25(22)29/h5-6,8-9,14,16-17,28H,2-4,7,10-13,15,27H2,1H3/t16-,17-. The summed E-state index contributed by atoms with van der Waals surface area (Å²) in [7, 11) is 0. The maximum Gasteiger partial charge on any atom is 0.198 e. The summed E-state index contributed by atoms with van der Waals surface area (Å²) in [6, 6.07) is 8.29. The summed E-state index contributed by atoms with van der Waals surface area (Å²) in [6.07, 6.45) is 10.4. The monoisotopic (exact) mass is 437 g/mol. The zero-order valence-corrected chi connectivity index (χ0v) is 19.0. The normalized spacial score (nSPS) is 20.4. The Morgan fingerprint density at radius 2 is 1.58 bits per heavy atom. The molecule has 31 heavy (non-hydrogen) atoms. The van der Waals surface area contributed by atoms with Crippen molar-refractivity contribution < 1.29 is 14.7 Å². The van der Waals surface area contributed by atoms with Crippen molar-refractivity contribution in [2.45, 2.75) is 63.2 Å². The molecule has 3 N–H and O–H groups in total. The zero-order valence-electron chi connectivity index (χ0n) is 18.2. The second-order valence-electron chi connectivity index (χ2n) is 8.95. The number of fused-ring (bicyclic) bond motifs is 2. The lowest BCUT2D eigenvalue weighted by Crippen LogP contribution is -2.23. The van der Waals surface area contributed by atoms with Crippen molar-refractivity contribution in [2.75, 3.05) is 11.5 Å². The van der Waals surface area contributed by atoms with Crippen LogP contribution in [0, 0.1) is 11.8 Å². The van der Waals surface area contributed by atoms with Crippen LogP contribution in [0.25, 0.3) is 0 Å². The van der Waals surface area contributed by atoms with Crippen LogP contribution >= 0.6 is 11.8 Å². The van der Waals surface area contributed by atoms with E-state index >= 15 is 0 Å². The molecule has 0 atom stereocenters. The van der Waals surface area contributed by atoms with Gasteiger partial charge in [0.1, 0.15) is 5.75 Å². The molecule has 0 spiro atoms. The number of carbonyl (C=O) groups is 2. The predicted molar refractivity (Wildman–Crippen MR) is 126 cm³/mol. The van der Waals surface area contributed by atoms with Gasteiger partial charge in [-0.3, -0.25) is 9.59 Å². The van der Waals surface area contributed by atoms with Crippen molar-refractivity contribution in [1.29, 1.82) is 0 Å². The third kappa shape index (κ3) is 4.38. The molecule has 0 aliphatic heterocycles. The second kappa shape index (κ2) is 9.47. The van der Waals surface area contributed by atoms with Crippen molar-refractivity contribution in [2.24, 2.45) is 11.8 Å². The number of aromatic hydroxyl groups is 1. The third-order valence-corrected chi connectivity index (χ3v) is 8.12. The van der Waals surface area contributed by atoms with E-state index in [1.807, 2.05) is 0 Å². The van der Waals surface area contributed by atoms with Gasteiger partial charge in [0, 0.05) is 21.8 Å². The average Bonchev–Trinajstić information content (AvgIpc) is 2.79. The SMILES string of the molecule is CCCCC[C@H]1CC[C@H](CSc2cc(O)c3c(c2N)C(=O)c2ccccc2C3=O)CC1. The molecular weight excluding hydrogens is 406 g/mol. The van der Waals surface area contributed by atoms with Crippen molar-refractivity contribution >= 4 is 29.0 Å². The minimum absolute atomic E-state index is 0.0399. The van der Waals surface area contributed by atoms with Gasteiger partial charge in [0.25, 0.3) is 0 Å². The van der Waals surface area contributed by atoms with E-state index in [2.05, 4.69) is 6.92 Å². The predicted octanol–water partition coefficient (Wildman–Crippen LogP) is 6.23. The number of thioether (sulfide) groups is 1. The molecule has 164 valence electrons. The van der Waals surface area contributed by atoms with Crippen LogP contribution < -0.4 is 5.73 Å². The molecule has 0 aromatic heterocycles. The van der Waals surface area contributed by atoms with Gasteiger partial charge in [-0.25, -0.2) is 0 Å². The molecule has 1 saturated carbocycles. The van der Waals surface area contributed by atoms with E-state index in [-0.39, 0.29) is 28.4 Å². The molecule has 4 rings (SSSR count). The van der Waals surface area contributed by atoms with E-state index in [4.69, 9.17) is 5.73 Å². The maximum absolute atomic E-state index is 13.1. The molecule has 2 aliphatic rings. The topological polar surface area (TPSA) is 80.4 Å². The Morgan fingerprint density at radius 3 is 2.23 bits per heavy atom. The van der Waals surface area contributed by atoms with Crippen molar-refractivity contribution in [3.8, 4) is 5.75 Å². The highest BCUT2D eigenvalue weighted by Gasteiger charge is 2.35. The van der Waals surface area contributed by atoms with E-state index in [0.717, 1.165) is 11.7 Å². The summed E-state index contributed by atoms with van der Waals surface area (Å²) in [4.78, 5) is 26.7. The molecule has 1 fully saturated rings. The number of phenols is 1. The van der Waals surface area contributed by atoms with Crippen LogP contribution in [-0.4, -0.2) is 22.4 Å². The van der Waals surface area contributed by atoms with E-state index in [1.54, 1.807) is 42.1 Å². The van der Waals surface area contributed by atoms with Gasteiger partial charge in [0.2, 0.25) is 0 Å². The zero-order chi connectivity index (χ0) is 22.0. The Kier molecular flexibility index (Phi) is 6.71. The molecule has 0 bridgehead atoms. The van der Waals surface area contributed by atoms with Crippen LogP contribution in [0.15, 0.2) is 35.2 Å². The number of ketones is 2.